The smallest absolute Gasteiger partial charge is 0.283 e. The SMILES string of the molecule is O[C@H]1C[C@H](c2cc(F)ccc2F)N(Cc2nnc(-c3ccco3)o2)C1. The second kappa shape index (κ2) is 6.38. The van der Waals surface area contributed by atoms with Gasteiger partial charge in [-0.05, 0) is 36.8 Å². The van der Waals surface area contributed by atoms with Crippen molar-refractivity contribution in [3.05, 3.63) is 59.7 Å². The maximum Gasteiger partial charge on any atom is 0.283 e. The number of aliphatic hydroxyl groups excluding tert-OH is 1. The van der Waals surface area contributed by atoms with Gasteiger partial charge in [-0.1, -0.05) is 0 Å². The Balaban J connectivity index is 1.57. The largest absolute Gasteiger partial charge is 0.459 e. The van der Waals surface area contributed by atoms with Gasteiger partial charge in [-0.15, -0.1) is 10.2 Å². The first-order valence-electron chi connectivity index (χ1n) is 7.83. The van der Waals surface area contributed by atoms with Crippen LogP contribution in [0.3, 0.4) is 0 Å². The topological polar surface area (TPSA) is 75.5 Å². The zero-order valence-electron chi connectivity index (χ0n) is 13.1. The van der Waals surface area contributed by atoms with Crippen molar-refractivity contribution < 1.29 is 22.7 Å². The Morgan fingerprint density at radius 1 is 1.24 bits per heavy atom. The van der Waals surface area contributed by atoms with Crippen molar-refractivity contribution in [3.8, 4) is 11.7 Å². The summed E-state index contributed by atoms with van der Waals surface area (Å²) >= 11 is 0. The van der Waals surface area contributed by atoms with E-state index in [2.05, 4.69) is 10.2 Å². The summed E-state index contributed by atoms with van der Waals surface area (Å²) in [7, 11) is 0. The third-order valence-electron chi connectivity index (χ3n) is 4.24. The van der Waals surface area contributed by atoms with Crippen LogP contribution in [0.4, 0.5) is 8.78 Å². The summed E-state index contributed by atoms with van der Waals surface area (Å²) < 4.78 is 38.4. The zero-order valence-corrected chi connectivity index (χ0v) is 13.1. The van der Waals surface area contributed by atoms with Crippen LogP contribution in [0.25, 0.3) is 11.7 Å². The predicted octanol–water partition coefficient (Wildman–Crippen LogP) is 2.92. The van der Waals surface area contributed by atoms with Crippen molar-refractivity contribution in [1.82, 2.24) is 15.1 Å². The summed E-state index contributed by atoms with van der Waals surface area (Å²) in [6, 6.07) is 6.26. The number of halogens is 2. The van der Waals surface area contributed by atoms with Crippen molar-refractivity contribution in [3.63, 3.8) is 0 Å². The fourth-order valence-electron chi connectivity index (χ4n) is 3.14. The molecule has 0 amide bonds. The van der Waals surface area contributed by atoms with Crippen LogP contribution in [0.1, 0.15) is 23.9 Å². The highest BCUT2D eigenvalue weighted by atomic mass is 19.1. The summed E-state index contributed by atoms with van der Waals surface area (Å²) in [5, 5.41) is 17.9. The van der Waals surface area contributed by atoms with Gasteiger partial charge in [-0.3, -0.25) is 4.90 Å². The maximum absolute atomic E-state index is 14.1. The highest BCUT2D eigenvalue weighted by Crippen LogP contribution is 2.35. The molecule has 0 aliphatic carbocycles. The number of aromatic nitrogens is 2. The molecule has 8 heteroatoms. The number of hydrogen-bond donors (Lipinski definition) is 1. The Labute approximate surface area is 141 Å². The molecule has 2 aromatic heterocycles. The Kier molecular flexibility index (Phi) is 4.06. The summed E-state index contributed by atoms with van der Waals surface area (Å²) in [4.78, 5) is 1.79. The molecule has 3 heterocycles. The molecule has 1 saturated heterocycles. The van der Waals surface area contributed by atoms with Crippen LogP contribution >= 0.6 is 0 Å². The predicted molar refractivity (Wildman–Crippen MR) is 82.1 cm³/mol. The number of β-amino-alcohol motifs (C(OH)–C–C–N with tert-alkyl or cyclic N) is 1. The van der Waals surface area contributed by atoms with E-state index in [1.165, 1.54) is 6.26 Å². The molecule has 0 radical (unpaired) electrons. The van der Waals surface area contributed by atoms with Crippen LogP contribution in [0.15, 0.2) is 45.4 Å². The van der Waals surface area contributed by atoms with Crippen molar-refractivity contribution in [2.24, 2.45) is 0 Å². The highest BCUT2D eigenvalue weighted by Gasteiger charge is 2.34. The standard InChI is InChI=1S/C17H15F2N3O3/c18-10-3-4-13(19)12(6-10)14-7-11(23)8-22(14)9-16-20-21-17(25-16)15-2-1-5-24-15/h1-6,11,14,23H,7-9H2/t11-,14+/m0/s1. The monoisotopic (exact) mass is 347 g/mol. The van der Waals surface area contributed by atoms with Crippen LogP contribution in [0.5, 0.6) is 0 Å². The van der Waals surface area contributed by atoms with E-state index in [1.807, 2.05) is 0 Å². The van der Waals surface area contributed by atoms with Gasteiger partial charge in [0.25, 0.3) is 5.89 Å². The van der Waals surface area contributed by atoms with Gasteiger partial charge in [0.15, 0.2) is 5.76 Å². The molecule has 1 aliphatic heterocycles. The number of benzene rings is 1. The van der Waals surface area contributed by atoms with Gasteiger partial charge in [0.05, 0.1) is 18.9 Å². The maximum atomic E-state index is 14.1. The van der Waals surface area contributed by atoms with Crippen LogP contribution in [0, 0.1) is 11.6 Å². The lowest BCUT2D eigenvalue weighted by molar-refractivity contribution is 0.167. The van der Waals surface area contributed by atoms with E-state index in [1.54, 1.807) is 17.0 Å². The van der Waals surface area contributed by atoms with Gasteiger partial charge < -0.3 is 13.9 Å². The number of rotatable bonds is 4. The van der Waals surface area contributed by atoms with Gasteiger partial charge in [-0.2, -0.15) is 0 Å². The summed E-state index contributed by atoms with van der Waals surface area (Å²) in [6.07, 6.45) is 1.17. The summed E-state index contributed by atoms with van der Waals surface area (Å²) in [5.41, 5.74) is 0.210. The van der Waals surface area contributed by atoms with Gasteiger partial charge in [0, 0.05) is 18.2 Å². The first kappa shape index (κ1) is 15.9. The third-order valence-corrected chi connectivity index (χ3v) is 4.24. The number of furan rings is 1. The van der Waals surface area contributed by atoms with Crippen molar-refractivity contribution in [2.45, 2.75) is 25.1 Å². The van der Waals surface area contributed by atoms with Crippen molar-refractivity contribution in [1.29, 1.82) is 0 Å². The second-order valence-corrected chi connectivity index (χ2v) is 5.98. The number of nitrogens with zero attached hydrogens (tertiary/aromatic N) is 3. The Bertz CT molecular complexity index is 866. The van der Waals surface area contributed by atoms with E-state index in [0.717, 1.165) is 18.2 Å². The molecule has 1 N–H and O–H groups in total. The molecular weight excluding hydrogens is 332 g/mol. The molecule has 6 nitrogen and oxygen atoms in total. The lowest BCUT2D eigenvalue weighted by atomic mass is 10.0. The van der Waals surface area contributed by atoms with Crippen molar-refractivity contribution >= 4 is 0 Å². The van der Waals surface area contributed by atoms with E-state index in [4.69, 9.17) is 8.83 Å². The van der Waals surface area contributed by atoms with E-state index in [-0.39, 0.29) is 18.0 Å². The van der Waals surface area contributed by atoms with E-state index < -0.39 is 23.8 Å². The van der Waals surface area contributed by atoms with Crippen molar-refractivity contribution in [2.75, 3.05) is 6.54 Å². The van der Waals surface area contributed by atoms with Gasteiger partial charge >= 0.3 is 0 Å². The quantitative estimate of drug-likeness (QED) is 0.782. The van der Waals surface area contributed by atoms with E-state index in [0.29, 0.717) is 24.6 Å². The molecule has 0 bridgehead atoms. The van der Waals surface area contributed by atoms with Crippen LogP contribution in [0.2, 0.25) is 0 Å². The fraction of sp³-hybridized carbons (Fsp3) is 0.294. The number of aliphatic hydroxyl groups is 1. The molecule has 1 aliphatic rings. The molecule has 1 aromatic carbocycles. The molecule has 0 spiro atoms. The molecular formula is C17H15F2N3O3. The molecule has 2 atom stereocenters. The Hall–Kier alpha value is -2.58. The summed E-state index contributed by atoms with van der Waals surface area (Å²) in [6.45, 7) is 0.518. The third kappa shape index (κ3) is 3.18. The normalized spacial score (nSPS) is 21.1. The molecule has 3 aromatic rings. The fourth-order valence-corrected chi connectivity index (χ4v) is 3.14. The second-order valence-electron chi connectivity index (χ2n) is 5.98. The Morgan fingerprint density at radius 3 is 2.92 bits per heavy atom. The van der Waals surface area contributed by atoms with Crippen LogP contribution in [-0.4, -0.2) is 32.9 Å². The highest BCUT2D eigenvalue weighted by molar-refractivity contribution is 5.42. The first-order valence-corrected chi connectivity index (χ1v) is 7.83. The van der Waals surface area contributed by atoms with Crippen LogP contribution < -0.4 is 0 Å². The van der Waals surface area contributed by atoms with Gasteiger partial charge in [0.1, 0.15) is 11.6 Å². The molecule has 4 rings (SSSR count). The molecule has 25 heavy (non-hydrogen) atoms. The van der Waals surface area contributed by atoms with Crippen LogP contribution in [-0.2, 0) is 6.54 Å². The summed E-state index contributed by atoms with van der Waals surface area (Å²) in [5.74, 6) is -0.0218. The van der Waals surface area contributed by atoms with Gasteiger partial charge in [-0.25, -0.2) is 8.78 Å². The van der Waals surface area contributed by atoms with E-state index in [9.17, 15) is 13.9 Å². The molecule has 1 fully saturated rings. The molecule has 0 unspecified atom stereocenters. The molecule has 0 saturated carbocycles. The lowest BCUT2D eigenvalue weighted by Gasteiger charge is -2.23. The average molecular weight is 347 g/mol. The minimum absolute atomic E-state index is 0.210. The number of likely N-dealkylation sites (tertiary alicyclic amines) is 1. The lowest BCUT2D eigenvalue weighted by Crippen LogP contribution is -2.25. The Morgan fingerprint density at radius 2 is 2.12 bits per heavy atom. The van der Waals surface area contributed by atoms with E-state index >= 15 is 0 Å². The first-order chi connectivity index (χ1) is 12.1. The zero-order chi connectivity index (χ0) is 17.4. The minimum atomic E-state index is -0.639. The minimum Gasteiger partial charge on any atom is -0.459 e. The molecule has 130 valence electrons. The van der Waals surface area contributed by atoms with Gasteiger partial charge in [0.2, 0.25) is 5.89 Å². The average Bonchev–Trinajstić information content (AvgIpc) is 3.30. The number of hydrogen-bond acceptors (Lipinski definition) is 6.